The molecule has 0 saturated heterocycles. The van der Waals surface area contributed by atoms with Crippen LogP contribution in [0.4, 0.5) is 5.69 Å². The molecule has 0 aliphatic carbocycles. The molecule has 3 aromatic rings. The molecule has 0 aliphatic rings. The summed E-state index contributed by atoms with van der Waals surface area (Å²) in [6.07, 6.45) is 1.75. The Morgan fingerprint density at radius 3 is 2.89 bits per heavy atom. The Morgan fingerprint density at radius 1 is 1.21 bits per heavy atom. The van der Waals surface area contributed by atoms with Gasteiger partial charge in [0.25, 0.3) is 0 Å². The van der Waals surface area contributed by atoms with E-state index in [1.807, 2.05) is 24.3 Å². The number of nitrogens with one attached hydrogen (secondary N) is 2. The highest BCUT2D eigenvalue weighted by molar-refractivity contribution is 7.16. The molecule has 5 heteroatoms. The lowest BCUT2D eigenvalue weighted by Crippen LogP contribution is -1.97. The van der Waals surface area contributed by atoms with Crippen LogP contribution in [0.2, 0.25) is 4.34 Å². The summed E-state index contributed by atoms with van der Waals surface area (Å²) < 4.78 is 0.822. The highest BCUT2D eigenvalue weighted by Crippen LogP contribution is 2.24. The van der Waals surface area contributed by atoms with Crippen LogP contribution >= 0.6 is 22.9 Å². The van der Waals surface area contributed by atoms with Crippen molar-refractivity contribution in [1.29, 1.82) is 0 Å². The quantitative estimate of drug-likeness (QED) is 0.747. The fourth-order valence-corrected chi connectivity index (χ4v) is 2.88. The summed E-state index contributed by atoms with van der Waals surface area (Å²) in [4.78, 5) is 1.22. The molecule has 19 heavy (non-hydrogen) atoms. The van der Waals surface area contributed by atoms with E-state index in [-0.39, 0.29) is 0 Å². The summed E-state index contributed by atoms with van der Waals surface area (Å²) >= 11 is 7.51. The van der Waals surface area contributed by atoms with E-state index < -0.39 is 0 Å². The van der Waals surface area contributed by atoms with Gasteiger partial charge in [-0.3, -0.25) is 5.10 Å². The number of halogens is 1. The van der Waals surface area contributed by atoms with Crippen molar-refractivity contribution in [3.8, 4) is 11.3 Å². The number of nitrogens with zero attached hydrogens (tertiary/aromatic N) is 1. The highest BCUT2D eigenvalue weighted by atomic mass is 35.5. The van der Waals surface area contributed by atoms with Gasteiger partial charge in [-0.1, -0.05) is 23.7 Å². The number of hydrogen-bond acceptors (Lipinski definition) is 3. The molecule has 0 spiro atoms. The second-order valence-electron chi connectivity index (χ2n) is 4.11. The van der Waals surface area contributed by atoms with Crippen LogP contribution in [0, 0.1) is 0 Å². The molecule has 0 bridgehead atoms. The first-order valence-electron chi connectivity index (χ1n) is 5.89. The van der Waals surface area contributed by atoms with Crippen molar-refractivity contribution < 1.29 is 0 Å². The third kappa shape index (κ3) is 2.97. The zero-order chi connectivity index (χ0) is 13.1. The van der Waals surface area contributed by atoms with Gasteiger partial charge in [-0.2, -0.15) is 5.10 Å². The molecular formula is C14H12ClN3S. The average molecular weight is 290 g/mol. The van der Waals surface area contributed by atoms with Gasteiger partial charge in [-0.15, -0.1) is 11.3 Å². The van der Waals surface area contributed by atoms with Crippen LogP contribution in [-0.2, 0) is 6.54 Å². The molecule has 0 amide bonds. The first-order valence-corrected chi connectivity index (χ1v) is 7.08. The van der Waals surface area contributed by atoms with Gasteiger partial charge in [0.05, 0.1) is 10.0 Å². The van der Waals surface area contributed by atoms with Crippen LogP contribution in [0.1, 0.15) is 4.88 Å². The van der Waals surface area contributed by atoms with Crippen LogP contribution in [0.3, 0.4) is 0 Å². The van der Waals surface area contributed by atoms with E-state index in [1.54, 1.807) is 17.5 Å². The van der Waals surface area contributed by atoms with E-state index in [2.05, 4.69) is 33.7 Å². The predicted molar refractivity (Wildman–Crippen MR) is 80.7 cm³/mol. The molecule has 0 unspecified atom stereocenters. The molecule has 1 aromatic carbocycles. The Bertz CT molecular complexity index is 661. The predicted octanol–water partition coefficient (Wildman–Crippen LogP) is 4.40. The number of aromatic amines is 1. The zero-order valence-corrected chi connectivity index (χ0v) is 11.6. The summed E-state index contributed by atoms with van der Waals surface area (Å²) in [5.41, 5.74) is 3.21. The fourth-order valence-electron chi connectivity index (χ4n) is 1.85. The standard InChI is InChI=1S/C14H12ClN3S/c15-14-5-4-12(19-14)9-16-11-3-1-2-10(8-11)13-6-7-17-18-13/h1-8,16H,9H2,(H,17,18). The van der Waals surface area contributed by atoms with Crippen molar-refractivity contribution in [2.45, 2.75) is 6.54 Å². The Morgan fingerprint density at radius 2 is 2.16 bits per heavy atom. The van der Waals surface area contributed by atoms with Gasteiger partial charge in [0.15, 0.2) is 0 Å². The van der Waals surface area contributed by atoms with Crippen LogP contribution in [0.25, 0.3) is 11.3 Å². The molecular weight excluding hydrogens is 278 g/mol. The number of benzene rings is 1. The van der Waals surface area contributed by atoms with Crippen LogP contribution in [0.5, 0.6) is 0 Å². The zero-order valence-electron chi connectivity index (χ0n) is 10.1. The van der Waals surface area contributed by atoms with Crippen molar-refractivity contribution in [2.75, 3.05) is 5.32 Å². The molecule has 0 aliphatic heterocycles. The first-order chi connectivity index (χ1) is 9.31. The van der Waals surface area contributed by atoms with Gasteiger partial charge < -0.3 is 5.32 Å². The van der Waals surface area contributed by atoms with Crippen molar-refractivity contribution in [2.24, 2.45) is 0 Å². The molecule has 0 fully saturated rings. The van der Waals surface area contributed by atoms with Gasteiger partial charge in [0.1, 0.15) is 0 Å². The lowest BCUT2D eigenvalue weighted by atomic mass is 10.1. The third-order valence-electron chi connectivity index (χ3n) is 2.77. The Hall–Kier alpha value is -1.78. The minimum atomic E-state index is 0.782. The van der Waals surface area contributed by atoms with Gasteiger partial charge >= 0.3 is 0 Å². The topological polar surface area (TPSA) is 40.7 Å². The number of hydrogen-bond donors (Lipinski definition) is 2. The summed E-state index contributed by atoms with van der Waals surface area (Å²) in [5, 5.41) is 10.3. The second-order valence-corrected chi connectivity index (χ2v) is 5.91. The first kappa shape index (κ1) is 12.3. The molecule has 3 rings (SSSR count). The van der Waals surface area contributed by atoms with E-state index in [0.717, 1.165) is 27.8 Å². The van der Waals surface area contributed by atoms with E-state index in [9.17, 15) is 0 Å². The van der Waals surface area contributed by atoms with Crippen molar-refractivity contribution in [3.63, 3.8) is 0 Å². The molecule has 0 atom stereocenters. The van der Waals surface area contributed by atoms with Crippen molar-refractivity contribution in [1.82, 2.24) is 10.2 Å². The molecule has 2 aromatic heterocycles. The number of anilines is 1. The van der Waals surface area contributed by atoms with E-state index in [0.29, 0.717) is 0 Å². The maximum Gasteiger partial charge on any atom is 0.0931 e. The van der Waals surface area contributed by atoms with E-state index >= 15 is 0 Å². The summed E-state index contributed by atoms with van der Waals surface area (Å²) in [7, 11) is 0. The lowest BCUT2D eigenvalue weighted by molar-refractivity contribution is 1.09. The number of thiophene rings is 1. The normalized spacial score (nSPS) is 10.6. The second kappa shape index (κ2) is 5.47. The average Bonchev–Trinajstić information content (AvgIpc) is 3.08. The summed E-state index contributed by atoms with van der Waals surface area (Å²) in [6, 6.07) is 14.2. The molecule has 0 saturated carbocycles. The lowest BCUT2D eigenvalue weighted by Gasteiger charge is -2.06. The van der Waals surface area contributed by atoms with Gasteiger partial charge in [-0.05, 0) is 30.3 Å². The van der Waals surface area contributed by atoms with Crippen molar-refractivity contribution in [3.05, 3.63) is 57.9 Å². The molecule has 96 valence electrons. The monoisotopic (exact) mass is 289 g/mol. The van der Waals surface area contributed by atoms with Crippen LogP contribution in [0.15, 0.2) is 48.7 Å². The Balaban J connectivity index is 1.73. The summed E-state index contributed by atoms with van der Waals surface area (Å²) in [6.45, 7) is 0.782. The number of rotatable bonds is 4. The van der Waals surface area contributed by atoms with E-state index in [1.165, 1.54) is 4.88 Å². The number of H-pyrrole nitrogens is 1. The van der Waals surface area contributed by atoms with Crippen LogP contribution in [-0.4, -0.2) is 10.2 Å². The largest absolute Gasteiger partial charge is 0.380 e. The Kier molecular flexibility index (Phi) is 3.53. The summed E-state index contributed by atoms with van der Waals surface area (Å²) in [5.74, 6) is 0. The molecule has 3 nitrogen and oxygen atoms in total. The van der Waals surface area contributed by atoms with Crippen molar-refractivity contribution >= 4 is 28.6 Å². The van der Waals surface area contributed by atoms with Gasteiger partial charge in [0.2, 0.25) is 0 Å². The van der Waals surface area contributed by atoms with E-state index in [4.69, 9.17) is 11.6 Å². The van der Waals surface area contributed by atoms with Crippen LogP contribution < -0.4 is 5.32 Å². The molecule has 2 N–H and O–H groups in total. The third-order valence-corrected chi connectivity index (χ3v) is 4.00. The van der Waals surface area contributed by atoms with Gasteiger partial charge in [-0.25, -0.2) is 0 Å². The Labute approximate surface area is 120 Å². The molecule has 0 radical (unpaired) electrons. The molecule has 2 heterocycles. The minimum Gasteiger partial charge on any atom is -0.380 e. The highest BCUT2D eigenvalue weighted by Gasteiger charge is 2.01. The maximum atomic E-state index is 5.91. The number of aromatic nitrogens is 2. The smallest absolute Gasteiger partial charge is 0.0931 e. The maximum absolute atomic E-state index is 5.91. The minimum absolute atomic E-state index is 0.782. The fraction of sp³-hybridized carbons (Fsp3) is 0.0714. The van der Waals surface area contributed by atoms with Gasteiger partial charge in [0, 0.05) is 28.9 Å². The SMILES string of the molecule is Clc1ccc(CNc2cccc(-c3ccn[nH]3)c2)s1.